The van der Waals surface area contributed by atoms with Gasteiger partial charge in [-0.3, -0.25) is 19.5 Å². The van der Waals surface area contributed by atoms with Crippen LogP contribution in [0, 0.1) is 0 Å². The van der Waals surface area contributed by atoms with Gasteiger partial charge in [-0.05, 0) is 19.1 Å². The molecule has 1 aromatic carbocycles. The molecule has 2 rings (SSSR count). The van der Waals surface area contributed by atoms with Crippen LogP contribution in [-0.2, 0) is 11.8 Å². The summed E-state index contributed by atoms with van der Waals surface area (Å²) in [6.07, 6.45) is 0. The number of nitrogens with one attached hydrogen (secondary N) is 1. The maximum atomic E-state index is 12.2. The zero-order valence-corrected chi connectivity index (χ0v) is 12.3. The van der Waals surface area contributed by atoms with Crippen LogP contribution in [0.15, 0.2) is 34.2 Å². The lowest BCUT2D eigenvalue weighted by molar-refractivity contribution is -0.119. The maximum absolute atomic E-state index is 12.2. The highest BCUT2D eigenvalue weighted by Crippen LogP contribution is 2.21. The van der Waals surface area contributed by atoms with Crippen LogP contribution in [0.1, 0.15) is 6.92 Å². The molecule has 0 aliphatic rings. The van der Waals surface area contributed by atoms with E-state index < -0.39 is 17.2 Å². The van der Waals surface area contributed by atoms with Crippen molar-refractivity contribution in [3.05, 3.63) is 34.6 Å². The van der Waals surface area contributed by atoms with Gasteiger partial charge in [-0.15, -0.1) is 0 Å². The molecule has 1 aromatic heterocycles. The van der Waals surface area contributed by atoms with Crippen molar-refractivity contribution in [1.29, 1.82) is 0 Å². The number of primary amides is 1. The van der Waals surface area contributed by atoms with Gasteiger partial charge in [-0.2, -0.15) is 0 Å². The molecule has 0 unspecified atom stereocenters. The van der Waals surface area contributed by atoms with Gasteiger partial charge in [0.05, 0.1) is 16.2 Å². The highest BCUT2D eigenvalue weighted by Gasteiger charge is 2.19. The van der Waals surface area contributed by atoms with E-state index in [1.54, 1.807) is 38.2 Å². The van der Waals surface area contributed by atoms with Crippen LogP contribution in [0.3, 0.4) is 0 Å². The van der Waals surface area contributed by atoms with Crippen LogP contribution in [0.25, 0.3) is 10.9 Å². The van der Waals surface area contributed by atoms with Crippen molar-refractivity contribution in [2.24, 2.45) is 12.8 Å². The summed E-state index contributed by atoms with van der Waals surface area (Å²) in [6, 6.07) is 6.07. The highest BCUT2D eigenvalue weighted by molar-refractivity contribution is 8.00. The molecule has 0 aliphatic heterocycles. The Bertz CT molecular complexity index is 772. The fraction of sp³-hybridized carbons (Fsp3) is 0.231. The standard InChI is InChI=1S/C13H14N4O3S/c1-7(10(18)16-12(14)20)21-13-15-9-6-4-3-5-8(9)11(19)17(13)2/h3-7H,1-2H3,(H3,14,16,18,20)/t7-/m0/s1. The second-order valence-electron chi connectivity index (χ2n) is 4.39. The van der Waals surface area contributed by atoms with Crippen LogP contribution >= 0.6 is 11.8 Å². The second kappa shape index (κ2) is 5.96. The van der Waals surface area contributed by atoms with E-state index in [2.05, 4.69) is 4.98 Å². The molecule has 0 aliphatic carbocycles. The normalized spacial score (nSPS) is 12.1. The van der Waals surface area contributed by atoms with E-state index in [1.165, 1.54) is 4.57 Å². The molecular weight excluding hydrogens is 292 g/mol. The van der Waals surface area contributed by atoms with Crippen molar-refractivity contribution < 1.29 is 9.59 Å². The number of nitrogens with zero attached hydrogens (tertiary/aromatic N) is 2. The lowest BCUT2D eigenvalue weighted by Gasteiger charge is -2.12. The van der Waals surface area contributed by atoms with Crippen LogP contribution in [-0.4, -0.2) is 26.7 Å². The van der Waals surface area contributed by atoms with Gasteiger partial charge >= 0.3 is 6.03 Å². The van der Waals surface area contributed by atoms with E-state index in [4.69, 9.17) is 5.73 Å². The van der Waals surface area contributed by atoms with E-state index in [0.717, 1.165) is 11.8 Å². The minimum atomic E-state index is -0.909. The molecule has 1 atom stereocenters. The summed E-state index contributed by atoms with van der Waals surface area (Å²) in [5.41, 5.74) is 5.27. The van der Waals surface area contributed by atoms with Crippen molar-refractivity contribution >= 4 is 34.6 Å². The van der Waals surface area contributed by atoms with Crippen molar-refractivity contribution in [1.82, 2.24) is 14.9 Å². The summed E-state index contributed by atoms with van der Waals surface area (Å²) in [7, 11) is 1.59. The molecule has 21 heavy (non-hydrogen) atoms. The Morgan fingerprint density at radius 2 is 2.05 bits per heavy atom. The molecule has 0 saturated carbocycles. The molecule has 0 saturated heterocycles. The first kappa shape index (κ1) is 15.0. The molecule has 3 N–H and O–H groups in total. The van der Waals surface area contributed by atoms with Crippen LogP contribution < -0.4 is 16.6 Å². The number of imide groups is 1. The van der Waals surface area contributed by atoms with Gasteiger partial charge in [0, 0.05) is 7.05 Å². The lowest BCUT2D eigenvalue weighted by Crippen LogP contribution is -2.39. The van der Waals surface area contributed by atoms with E-state index in [1.807, 2.05) is 5.32 Å². The number of nitrogens with two attached hydrogens (primary N) is 1. The van der Waals surface area contributed by atoms with Crippen LogP contribution in [0.5, 0.6) is 0 Å². The zero-order chi connectivity index (χ0) is 15.6. The third kappa shape index (κ3) is 3.22. The lowest BCUT2D eigenvalue weighted by atomic mass is 10.2. The van der Waals surface area contributed by atoms with Gasteiger partial charge in [-0.1, -0.05) is 23.9 Å². The molecular formula is C13H14N4O3S. The zero-order valence-electron chi connectivity index (χ0n) is 11.5. The number of carbonyl (C=O) groups excluding carboxylic acids is 2. The molecule has 0 bridgehead atoms. The van der Waals surface area contributed by atoms with E-state index in [0.29, 0.717) is 16.1 Å². The molecule has 1 heterocycles. The van der Waals surface area contributed by atoms with E-state index in [9.17, 15) is 14.4 Å². The van der Waals surface area contributed by atoms with E-state index in [-0.39, 0.29) is 5.56 Å². The Kier molecular flexibility index (Phi) is 4.27. The first-order valence-electron chi connectivity index (χ1n) is 6.13. The van der Waals surface area contributed by atoms with Crippen molar-refractivity contribution in [2.45, 2.75) is 17.3 Å². The monoisotopic (exact) mass is 306 g/mol. The first-order valence-corrected chi connectivity index (χ1v) is 7.01. The topological polar surface area (TPSA) is 107 Å². The average Bonchev–Trinajstić information content (AvgIpc) is 2.43. The SMILES string of the molecule is C[C@H](Sc1nc2ccccc2c(=O)n1C)C(=O)NC(N)=O. The number of fused-ring (bicyclic) bond motifs is 1. The number of aromatic nitrogens is 2. The van der Waals surface area contributed by atoms with Gasteiger partial charge in [-0.25, -0.2) is 9.78 Å². The number of para-hydroxylation sites is 1. The van der Waals surface area contributed by atoms with Crippen molar-refractivity contribution in [3.63, 3.8) is 0 Å². The van der Waals surface area contributed by atoms with Gasteiger partial charge < -0.3 is 5.73 Å². The van der Waals surface area contributed by atoms with Gasteiger partial charge in [0.25, 0.3) is 5.56 Å². The maximum Gasteiger partial charge on any atom is 0.318 e. The van der Waals surface area contributed by atoms with Crippen molar-refractivity contribution in [2.75, 3.05) is 0 Å². The number of rotatable bonds is 3. The minimum Gasteiger partial charge on any atom is -0.351 e. The third-order valence-corrected chi connectivity index (χ3v) is 3.98. The van der Waals surface area contributed by atoms with Gasteiger partial charge in [0.1, 0.15) is 0 Å². The molecule has 0 fully saturated rings. The summed E-state index contributed by atoms with van der Waals surface area (Å²) in [5.74, 6) is -0.532. The largest absolute Gasteiger partial charge is 0.351 e. The quantitative estimate of drug-likeness (QED) is 0.638. The highest BCUT2D eigenvalue weighted by atomic mass is 32.2. The molecule has 2 aromatic rings. The predicted octanol–water partition coefficient (Wildman–Crippen LogP) is 0.609. The summed E-state index contributed by atoms with van der Waals surface area (Å²) < 4.78 is 1.38. The molecule has 8 heteroatoms. The Hall–Kier alpha value is -2.35. The fourth-order valence-electron chi connectivity index (χ4n) is 1.74. The summed E-state index contributed by atoms with van der Waals surface area (Å²) in [5, 5.41) is 2.29. The number of amides is 3. The molecule has 7 nitrogen and oxygen atoms in total. The Morgan fingerprint density at radius 1 is 1.38 bits per heavy atom. The van der Waals surface area contributed by atoms with Crippen LogP contribution in [0.2, 0.25) is 0 Å². The fourth-order valence-corrected chi connectivity index (χ4v) is 2.61. The summed E-state index contributed by atoms with van der Waals surface area (Å²) >= 11 is 1.08. The average molecular weight is 306 g/mol. The third-order valence-electron chi connectivity index (χ3n) is 2.84. The summed E-state index contributed by atoms with van der Waals surface area (Å²) in [4.78, 5) is 38.9. The number of carbonyl (C=O) groups is 2. The van der Waals surface area contributed by atoms with Gasteiger partial charge in [0.2, 0.25) is 5.91 Å². The molecule has 0 spiro atoms. The minimum absolute atomic E-state index is 0.189. The number of thioether (sulfide) groups is 1. The molecule has 0 radical (unpaired) electrons. The smallest absolute Gasteiger partial charge is 0.318 e. The molecule has 110 valence electrons. The summed E-state index contributed by atoms with van der Waals surface area (Å²) in [6.45, 7) is 1.60. The van der Waals surface area contributed by atoms with Crippen LogP contribution in [0.4, 0.5) is 4.79 Å². The molecule has 3 amide bonds. The first-order chi connectivity index (χ1) is 9.90. The predicted molar refractivity (Wildman–Crippen MR) is 80.0 cm³/mol. The number of hydrogen-bond acceptors (Lipinski definition) is 5. The number of benzene rings is 1. The second-order valence-corrected chi connectivity index (χ2v) is 5.70. The number of urea groups is 1. The Labute approximate surface area is 124 Å². The van der Waals surface area contributed by atoms with Gasteiger partial charge in [0.15, 0.2) is 5.16 Å². The number of hydrogen-bond donors (Lipinski definition) is 2. The van der Waals surface area contributed by atoms with E-state index >= 15 is 0 Å². The Balaban J connectivity index is 2.34. The van der Waals surface area contributed by atoms with Crippen molar-refractivity contribution in [3.8, 4) is 0 Å². The Morgan fingerprint density at radius 3 is 2.71 bits per heavy atom.